The highest BCUT2D eigenvalue weighted by Crippen LogP contribution is 2.02. The standard InChI is InChI=1S/C13H22N2O5/c1-5-7-10(12(17)18)14-13(19)15(9(3)4)8-11(16)20-6-2/h5,9-10H,1,6-8H2,2-4H3,(H,14,19)(H,17,18). The van der Waals surface area contributed by atoms with Crippen LogP contribution in [-0.2, 0) is 14.3 Å². The van der Waals surface area contributed by atoms with Gasteiger partial charge in [-0.1, -0.05) is 6.08 Å². The summed E-state index contributed by atoms with van der Waals surface area (Å²) in [6.07, 6.45) is 1.51. The Hall–Kier alpha value is -2.05. The van der Waals surface area contributed by atoms with Crippen LogP contribution in [0.2, 0.25) is 0 Å². The highest BCUT2D eigenvalue weighted by Gasteiger charge is 2.25. The van der Waals surface area contributed by atoms with Crippen molar-refractivity contribution in [2.45, 2.75) is 39.3 Å². The molecule has 0 aliphatic rings. The third-order valence-electron chi connectivity index (χ3n) is 2.49. The summed E-state index contributed by atoms with van der Waals surface area (Å²) in [6.45, 7) is 8.56. The number of carbonyl (C=O) groups is 3. The number of hydrogen-bond acceptors (Lipinski definition) is 4. The van der Waals surface area contributed by atoms with Gasteiger partial charge in [0.2, 0.25) is 0 Å². The Morgan fingerprint density at radius 2 is 2.00 bits per heavy atom. The summed E-state index contributed by atoms with van der Waals surface area (Å²) in [6, 6.07) is -1.96. The molecule has 0 aliphatic heterocycles. The van der Waals surface area contributed by atoms with Crippen LogP contribution < -0.4 is 5.32 Å². The summed E-state index contributed by atoms with van der Waals surface area (Å²) < 4.78 is 4.78. The fourth-order valence-electron chi connectivity index (χ4n) is 1.45. The van der Waals surface area contributed by atoms with Crippen LogP contribution in [0.1, 0.15) is 27.2 Å². The van der Waals surface area contributed by atoms with E-state index < -0.39 is 24.0 Å². The third kappa shape index (κ3) is 6.21. The number of amides is 2. The van der Waals surface area contributed by atoms with Gasteiger partial charge in [-0.2, -0.15) is 0 Å². The van der Waals surface area contributed by atoms with Gasteiger partial charge in [-0.3, -0.25) is 4.79 Å². The van der Waals surface area contributed by atoms with Gasteiger partial charge in [0, 0.05) is 6.04 Å². The van der Waals surface area contributed by atoms with Crippen LogP contribution >= 0.6 is 0 Å². The maximum atomic E-state index is 12.0. The third-order valence-corrected chi connectivity index (χ3v) is 2.49. The Morgan fingerprint density at radius 1 is 1.40 bits per heavy atom. The second-order valence-corrected chi connectivity index (χ2v) is 4.39. The van der Waals surface area contributed by atoms with Gasteiger partial charge in [0.25, 0.3) is 0 Å². The number of hydrogen-bond donors (Lipinski definition) is 2. The zero-order chi connectivity index (χ0) is 15.7. The predicted molar refractivity (Wildman–Crippen MR) is 73.2 cm³/mol. The molecular weight excluding hydrogens is 264 g/mol. The zero-order valence-electron chi connectivity index (χ0n) is 12.1. The molecule has 0 aliphatic carbocycles. The molecule has 0 saturated heterocycles. The lowest BCUT2D eigenvalue weighted by molar-refractivity contribution is -0.144. The van der Waals surface area contributed by atoms with Crippen molar-refractivity contribution in [1.29, 1.82) is 0 Å². The zero-order valence-corrected chi connectivity index (χ0v) is 12.1. The van der Waals surface area contributed by atoms with Gasteiger partial charge < -0.3 is 20.1 Å². The van der Waals surface area contributed by atoms with Gasteiger partial charge in [-0.05, 0) is 27.2 Å². The monoisotopic (exact) mass is 286 g/mol. The second kappa shape index (κ2) is 8.95. The minimum Gasteiger partial charge on any atom is -0.480 e. The number of ether oxygens (including phenoxy) is 1. The lowest BCUT2D eigenvalue weighted by atomic mass is 10.2. The van der Waals surface area contributed by atoms with E-state index in [0.717, 1.165) is 0 Å². The van der Waals surface area contributed by atoms with Crippen LogP contribution in [0.3, 0.4) is 0 Å². The fraction of sp³-hybridized carbons (Fsp3) is 0.615. The fourth-order valence-corrected chi connectivity index (χ4v) is 1.45. The summed E-state index contributed by atoms with van der Waals surface area (Å²) in [7, 11) is 0. The topological polar surface area (TPSA) is 95.9 Å². The molecule has 20 heavy (non-hydrogen) atoms. The van der Waals surface area contributed by atoms with Gasteiger partial charge in [0.1, 0.15) is 12.6 Å². The van der Waals surface area contributed by atoms with Crippen LogP contribution in [-0.4, -0.2) is 53.2 Å². The van der Waals surface area contributed by atoms with Crippen molar-refractivity contribution in [2.75, 3.05) is 13.2 Å². The lowest BCUT2D eigenvalue weighted by Gasteiger charge is -2.27. The van der Waals surface area contributed by atoms with Crippen molar-refractivity contribution in [1.82, 2.24) is 10.2 Å². The molecule has 0 fully saturated rings. The van der Waals surface area contributed by atoms with Crippen LogP contribution in [0.4, 0.5) is 4.79 Å². The van der Waals surface area contributed by atoms with E-state index in [4.69, 9.17) is 9.84 Å². The maximum absolute atomic E-state index is 12.0. The van der Waals surface area contributed by atoms with Crippen LogP contribution in [0.25, 0.3) is 0 Å². The number of nitrogens with zero attached hydrogens (tertiary/aromatic N) is 1. The first-order valence-corrected chi connectivity index (χ1v) is 6.39. The molecule has 1 atom stereocenters. The Kier molecular flexibility index (Phi) is 8.03. The summed E-state index contributed by atoms with van der Waals surface area (Å²) in [5.74, 6) is -1.69. The highest BCUT2D eigenvalue weighted by molar-refractivity contribution is 5.85. The first-order chi connectivity index (χ1) is 9.33. The number of rotatable bonds is 8. The summed E-state index contributed by atoms with van der Waals surface area (Å²) in [4.78, 5) is 35.6. The minimum atomic E-state index is -1.15. The van der Waals surface area contributed by atoms with Crippen LogP contribution in [0, 0.1) is 0 Å². The SMILES string of the molecule is C=CCC(NC(=O)N(CC(=O)OCC)C(C)C)C(=O)O. The predicted octanol–water partition coefficient (Wildman–Crippen LogP) is 0.999. The molecule has 0 heterocycles. The molecule has 0 spiro atoms. The first-order valence-electron chi connectivity index (χ1n) is 6.39. The number of nitrogens with one attached hydrogen (secondary N) is 1. The Bertz CT molecular complexity index is 368. The van der Waals surface area contributed by atoms with Crippen LogP contribution in [0.5, 0.6) is 0 Å². The normalized spacial score (nSPS) is 11.6. The molecule has 7 nitrogen and oxygen atoms in total. The van der Waals surface area contributed by atoms with E-state index in [1.807, 2.05) is 0 Å². The van der Waals surface area contributed by atoms with Gasteiger partial charge in [-0.25, -0.2) is 9.59 Å². The molecule has 1 unspecified atom stereocenters. The molecule has 2 amide bonds. The van der Waals surface area contributed by atoms with E-state index in [9.17, 15) is 14.4 Å². The van der Waals surface area contributed by atoms with E-state index in [1.165, 1.54) is 11.0 Å². The van der Waals surface area contributed by atoms with E-state index in [0.29, 0.717) is 0 Å². The average Bonchev–Trinajstić information content (AvgIpc) is 2.35. The van der Waals surface area contributed by atoms with E-state index in [1.54, 1.807) is 20.8 Å². The number of carbonyl (C=O) groups excluding carboxylic acids is 2. The molecule has 0 bridgehead atoms. The van der Waals surface area contributed by atoms with Crippen molar-refractivity contribution in [3.8, 4) is 0 Å². The number of aliphatic carboxylic acids is 1. The van der Waals surface area contributed by atoms with E-state index >= 15 is 0 Å². The van der Waals surface area contributed by atoms with Crippen molar-refractivity contribution in [2.24, 2.45) is 0 Å². The second-order valence-electron chi connectivity index (χ2n) is 4.39. The summed E-state index contributed by atoms with van der Waals surface area (Å²) >= 11 is 0. The van der Waals surface area contributed by atoms with Gasteiger partial charge in [0.15, 0.2) is 0 Å². The Balaban J connectivity index is 4.75. The van der Waals surface area contributed by atoms with Crippen molar-refractivity contribution < 1.29 is 24.2 Å². The van der Waals surface area contributed by atoms with E-state index in [-0.39, 0.29) is 25.6 Å². The summed E-state index contributed by atoms with van der Waals surface area (Å²) in [5.41, 5.74) is 0. The van der Waals surface area contributed by atoms with Crippen LogP contribution in [0.15, 0.2) is 12.7 Å². The molecule has 0 radical (unpaired) electrons. The molecule has 0 aromatic heterocycles. The van der Waals surface area contributed by atoms with Crippen molar-refractivity contribution >= 4 is 18.0 Å². The largest absolute Gasteiger partial charge is 0.480 e. The molecule has 0 aromatic carbocycles. The van der Waals surface area contributed by atoms with Gasteiger partial charge >= 0.3 is 18.0 Å². The van der Waals surface area contributed by atoms with Crippen molar-refractivity contribution in [3.63, 3.8) is 0 Å². The summed E-state index contributed by atoms with van der Waals surface area (Å²) in [5, 5.41) is 11.3. The highest BCUT2D eigenvalue weighted by atomic mass is 16.5. The molecule has 2 N–H and O–H groups in total. The number of esters is 1. The average molecular weight is 286 g/mol. The smallest absolute Gasteiger partial charge is 0.326 e. The first kappa shape index (κ1) is 17.9. The quantitative estimate of drug-likeness (QED) is 0.512. The van der Waals surface area contributed by atoms with Gasteiger partial charge in [0.05, 0.1) is 6.61 Å². The molecule has 0 rings (SSSR count). The molecule has 0 aromatic rings. The number of carboxylic acids is 1. The maximum Gasteiger partial charge on any atom is 0.326 e. The van der Waals surface area contributed by atoms with Gasteiger partial charge in [-0.15, -0.1) is 6.58 Å². The molecule has 0 saturated carbocycles. The van der Waals surface area contributed by atoms with E-state index in [2.05, 4.69) is 11.9 Å². The Labute approximate surface area is 118 Å². The lowest BCUT2D eigenvalue weighted by Crippen LogP contribution is -2.51. The Morgan fingerprint density at radius 3 is 2.40 bits per heavy atom. The molecule has 7 heteroatoms. The number of carboxylic acid groups (broad SMARTS) is 1. The molecule has 114 valence electrons. The number of urea groups is 1. The molecular formula is C13H22N2O5. The minimum absolute atomic E-state index is 0.104. The van der Waals surface area contributed by atoms with Crippen molar-refractivity contribution in [3.05, 3.63) is 12.7 Å².